The predicted octanol–water partition coefficient (Wildman–Crippen LogP) is 0.325. The summed E-state index contributed by atoms with van der Waals surface area (Å²) in [7, 11) is 5.25. The van der Waals surface area contributed by atoms with Crippen molar-refractivity contribution < 1.29 is 9.53 Å². The van der Waals surface area contributed by atoms with Gasteiger partial charge in [0.1, 0.15) is 0 Å². The highest BCUT2D eigenvalue weighted by molar-refractivity contribution is 5.77. The molecule has 0 radical (unpaired) electrons. The van der Waals surface area contributed by atoms with Crippen molar-refractivity contribution in [2.45, 2.75) is 19.4 Å². The van der Waals surface area contributed by atoms with E-state index >= 15 is 0 Å². The van der Waals surface area contributed by atoms with Crippen molar-refractivity contribution in [1.82, 2.24) is 9.80 Å². The molecule has 0 rings (SSSR count). The number of ether oxygens (including phenoxy) is 1. The van der Waals surface area contributed by atoms with Crippen LogP contribution in [-0.4, -0.2) is 62.7 Å². The third kappa shape index (κ3) is 5.69. The molecule has 5 heteroatoms. The van der Waals surface area contributed by atoms with Gasteiger partial charge in [-0.1, -0.05) is 0 Å². The summed E-state index contributed by atoms with van der Waals surface area (Å²) in [5.74, 6) is 0.0284. The molecule has 0 N–H and O–H groups in total. The summed E-state index contributed by atoms with van der Waals surface area (Å²) in [6, 6.07) is 2.23. The molecule has 0 aliphatic heterocycles. The fraction of sp³-hybridized carbons (Fsp3) is 0.818. The smallest absolute Gasteiger partial charge is 0.236 e. The van der Waals surface area contributed by atoms with E-state index in [0.717, 1.165) is 0 Å². The lowest BCUT2D eigenvalue weighted by molar-refractivity contribution is -0.131. The van der Waals surface area contributed by atoms with Crippen molar-refractivity contribution in [1.29, 1.82) is 5.26 Å². The summed E-state index contributed by atoms with van der Waals surface area (Å²) in [6.07, 6.45) is 0.375. The van der Waals surface area contributed by atoms with E-state index in [1.807, 2.05) is 24.9 Å². The Morgan fingerprint density at radius 2 is 2.12 bits per heavy atom. The summed E-state index contributed by atoms with van der Waals surface area (Å²) in [5.41, 5.74) is 0. The Bertz CT molecular complexity index is 250. The SMILES string of the molecule is COCC(C)N(C)CC(=O)N(C)CCC#N. The van der Waals surface area contributed by atoms with E-state index in [2.05, 4.69) is 0 Å². The Morgan fingerprint density at radius 1 is 1.50 bits per heavy atom. The molecule has 0 saturated heterocycles. The molecule has 0 aromatic carbocycles. The molecule has 0 aromatic heterocycles. The first-order valence-electron chi connectivity index (χ1n) is 5.33. The molecule has 0 aliphatic rings. The fourth-order valence-corrected chi connectivity index (χ4v) is 1.20. The highest BCUT2D eigenvalue weighted by atomic mass is 16.5. The topological polar surface area (TPSA) is 56.6 Å². The van der Waals surface area contributed by atoms with E-state index in [9.17, 15) is 4.79 Å². The minimum atomic E-state index is 0.0284. The first-order chi connectivity index (χ1) is 7.52. The quantitative estimate of drug-likeness (QED) is 0.628. The fourth-order valence-electron chi connectivity index (χ4n) is 1.20. The van der Waals surface area contributed by atoms with E-state index in [4.69, 9.17) is 10.00 Å². The second-order valence-electron chi connectivity index (χ2n) is 3.94. The highest BCUT2D eigenvalue weighted by Crippen LogP contribution is 1.98. The maximum atomic E-state index is 11.7. The van der Waals surface area contributed by atoms with Crippen LogP contribution in [0, 0.1) is 11.3 Å². The molecule has 1 atom stereocenters. The van der Waals surface area contributed by atoms with Crippen LogP contribution in [0.15, 0.2) is 0 Å². The number of methoxy groups -OCH3 is 1. The third-order valence-corrected chi connectivity index (χ3v) is 2.53. The molecule has 0 fully saturated rings. The summed E-state index contributed by atoms with van der Waals surface area (Å²) in [6.45, 7) is 3.45. The maximum absolute atomic E-state index is 11.7. The van der Waals surface area contributed by atoms with Crippen molar-refractivity contribution in [3.05, 3.63) is 0 Å². The van der Waals surface area contributed by atoms with Crippen molar-refractivity contribution >= 4 is 5.91 Å². The van der Waals surface area contributed by atoms with Crippen LogP contribution in [0.5, 0.6) is 0 Å². The average molecular weight is 227 g/mol. The Labute approximate surface area is 97.6 Å². The number of nitrogens with zero attached hydrogens (tertiary/aromatic N) is 3. The molecule has 0 aromatic rings. The Kier molecular flexibility index (Phi) is 7.52. The van der Waals surface area contributed by atoms with Crippen LogP contribution in [0.3, 0.4) is 0 Å². The Morgan fingerprint density at radius 3 is 2.62 bits per heavy atom. The molecule has 0 heterocycles. The van der Waals surface area contributed by atoms with Gasteiger partial charge in [0.2, 0.25) is 5.91 Å². The molecule has 1 unspecified atom stereocenters. The van der Waals surface area contributed by atoms with Crippen LogP contribution in [0.1, 0.15) is 13.3 Å². The van der Waals surface area contributed by atoms with Gasteiger partial charge in [0.25, 0.3) is 0 Å². The number of carbonyl (C=O) groups is 1. The highest BCUT2D eigenvalue weighted by Gasteiger charge is 2.15. The van der Waals surface area contributed by atoms with Gasteiger partial charge in [0.05, 0.1) is 25.6 Å². The van der Waals surface area contributed by atoms with Gasteiger partial charge in [0, 0.05) is 26.7 Å². The average Bonchev–Trinajstić information content (AvgIpc) is 2.25. The van der Waals surface area contributed by atoms with Crippen LogP contribution >= 0.6 is 0 Å². The standard InChI is InChI=1S/C11H21N3O2/c1-10(9-16-4)14(3)8-11(15)13(2)7-5-6-12/h10H,5,7-9H2,1-4H3. The van der Waals surface area contributed by atoms with Crippen molar-refractivity contribution in [2.75, 3.05) is 40.9 Å². The number of nitriles is 1. The molecule has 5 nitrogen and oxygen atoms in total. The van der Waals surface area contributed by atoms with Gasteiger partial charge in [-0.2, -0.15) is 5.26 Å². The van der Waals surface area contributed by atoms with Crippen molar-refractivity contribution in [2.24, 2.45) is 0 Å². The van der Waals surface area contributed by atoms with Crippen molar-refractivity contribution in [3.63, 3.8) is 0 Å². The van der Waals surface area contributed by atoms with E-state index in [0.29, 0.717) is 26.1 Å². The zero-order valence-electron chi connectivity index (χ0n) is 10.6. The van der Waals surface area contributed by atoms with Gasteiger partial charge < -0.3 is 9.64 Å². The van der Waals surface area contributed by atoms with Crippen LogP contribution < -0.4 is 0 Å². The molecule has 0 spiro atoms. The monoisotopic (exact) mass is 227 g/mol. The lowest BCUT2D eigenvalue weighted by Gasteiger charge is -2.25. The van der Waals surface area contributed by atoms with Crippen LogP contribution in [-0.2, 0) is 9.53 Å². The number of likely N-dealkylation sites (N-methyl/N-ethyl adjacent to an activating group) is 2. The summed E-state index contributed by atoms with van der Waals surface area (Å²) < 4.78 is 5.02. The molecule has 0 aliphatic carbocycles. The molecule has 1 amide bonds. The first kappa shape index (κ1) is 14.9. The number of hydrogen-bond acceptors (Lipinski definition) is 4. The molecule has 0 saturated carbocycles. The predicted molar refractivity (Wildman–Crippen MR) is 61.8 cm³/mol. The lowest BCUT2D eigenvalue weighted by atomic mass is 10.3. The van der Waals surface area contributed by atoms with Gasteiger partial charge in [-0.05, 0) is 14.0 Å². The minimum Gasteiger partial charge on any atom is -0.383 e. The normalized spacial score (nSPS) is 12.2. The molecule has 92 valence electrons. The van der Waals surface area contributed by atoms with Crippen LogP contribution in [0.4, 0.5) is 0 Å². The third-order valence-electron chi connectivity index (χ3n) is 2.53. The number of hydrogen-bond donors (Lipinski definition) is 0. The van der Waals surface area contributed by atoms with Gasteiger partial charge in [-0.3, -0.25) is 9.69 Å². The lowest BCUT2D eigenvalue weighted by Crippen LogP contribution is -2.42. The molecule has 16 heavy (non-hydrogen) atoms. The minimum absolute atomic E-state index is 0.0284. The number of carbonyl (C=O) groups excluding carboxylic acids is 1. The first-order valence-corrected chi connectivity index (χ1v) is 5.33. The van der Waals surface area contributed by atoms with Gasteiger partial charge in [-0.25, -0.2) is 0 Å². The molecule has 0 bridgehead atoms. The second-order valence-corrected chi connectivity index (χ2v) is 3.94. The van der Waals surface area contributed by atoms with E-state index in [-0.39, 0.29) is 11.9 Å². The number of rotatable bonds is 7. The summed E-state index contributed by atoms with van der Waals surface area (Å²) in [5, 5.41) is 8.42. The van der Waals surface area contributed by atoms with Crippen LogP contribution in [0.25, 0.3) is 0 Å². The summed E-state index contributed by atoms with van der Waals surface area (Å²) >= 11 is 0. The number of amides is 1. The second kappa shape index (κ2) is 8.08. The Hall–Kier alpha value is -1.12. The van der Waals surface area contributed by atoms with E-state index in [1.54, 1.807) is 19.1 Å². The van der Waals surface area contributed by atoms with Gasteiger partial charge in [0.15, 0.2) is 0 Å². The maximum Gasteiger partial charge on any atom is 0.236 e. The summed E-state index contributed by atoms with van der Waals surface area (Å²) in [4.78, 5) is 15.2. The van der Waals surface area contributed by atoms with Gasteiger partial charge in [-0.15, -0.1) is 0 Å². The molecular formula is C11H21N3O2. The zero-order chi connectivity index (χ0) is 12.6. The zero-order valence-corrected chi connectivity index (χ0v) is 10.6. The Balaban J connectivity index is 3.98. The van der Waals surface area contributed by atoms with E-state index in [1.165, 1.54) is 0 Å². The van der Waals surface area contributed by atoms with Crippen molar-refractivity contribution in [3.8, 4) is 6.07 Å². The van der Waals surface area contributed by atoms with Gasteiger partial charge >= 0.3 is 0 Å². The molecular weight excluding hydrogens is 206 g/mol. The van der Waals surface area contributed by atoms with E-state index < -0.39 is 0 Å². The largest absolute Gasteiger partial charge is 0.383 e. The van der Waals surface area contributed by atoms with Crippen LogP contribution in [0.2, 0.25) is 0 Å².